The summed E-state index contributed by atoms with van der Waals surface area (Å²) < 4.78 is 0. The van der Waals surface area contributed by atoms with E-state index in [4.69, 9.17) is 0 Å². The number of aromatic hydroxyl groups is 1. The first-order valence-corrected chi connectivity index (χ1v) is 6.82. The summed E-state index contributed by atoms with van der Waals surface area (Å²) >= 11 is 0. The number of benzene rings is 1. The summed E-state index contributed by atoms with van der Waals surface area (Å²) in [6, 6.07) is 7.48. The molecule has 0 aliphatic carbocycles. The van der Waals surface area contributed by atoms with E-state index in [-0.39, 0.29) is 17.6 Å². The number of carbonyl (C=O) groups is 1. The van der Waals surface area contributed by atoms with Gasteiger partial charge < -0.3 is 15.3 Å². The second kappa shape index (κ2) is 6.06. The van der Waals surface area contributed by atoms with Crippen LogP contribution in [-0.2, 0) is 11.3 Å². The predicted octanol–water partition coefficient (Wildman–Crippen LogP) is 1.74. The molecule has 19 heavy (non-hydrogen) atoms. The highest BCUT2D eigenvalue weighted by atomic mass is 16.3. The van der Waals surface area contributed by atoms with Crippen LogP contribution in [-0.4, -0.2) is 35.5 Å². The highest BCUT2D eigenvalue weighted by Gasteiger charge is 2.26. The minimum atomic E-state index is 0.124. The zero-order valence-electron chi connectivity index (χ0n) is 11.6. The molecule has 4 nitrogen and oxygen atoms in total. The van der Waals surface area contributed by atoms with Crippen molar-refractivity contribution in [3.8, 4) is 5.75 Å². The van der Waals surface area contributed by atoms with Crippen LogP contribution >= 0.6 is 0 Å². The van der Waals surface area contributed by atoms with Crippen LogP contribution in [0.3, 0.4) is 0 Å². The van der Waals surface area contributed by atoms with E-state index in [0.717, 1.165) is 24.9 Å². The van der Waals surface area contributed by atoms with Crippen LogP contribution < -0.4 is 5.32 Å². The fourth-order valence-corrected chi connectivity index (χ4v) is 2.67. The van der Waals surface area contributed by atoms with E-state index in [1.54, 1.807) is 23.1 Å². The zero-order valence-corrected chi connectivity index (χ0v) is 11.6. The normalized spacial score (nSPS) is 23.1. The van der Waals surface area contributed by atoms with Crippen molar-refractivity contribution >= 4 is 5.91 Å². The molecular weight excluding hydrogens is 240 g/mol. The molecule has 4 heteroatoms. The van der Waals surface area contributed by atoms with E-state index < -0.39 is 0 Å². The lowest BCUT2D eigenvalue weighted by Gasteiger charge is -2.30. The third-order valence-corrected chi connectivity index (χ3v) is 3.68. The minimum Gasteiger partial charge on any atom is -0.508 e. The lowest BCUT2D eigenvalue weighted by Crippen LogP contribution is -2.42. The second-order valence-corrected chi connectivity index (χ2v) is 5.44. The molecule has 1 aliphatic rings. The lowest BCUT2D eigenvalue weighted by molar-refractivity contribution is -0.135. The van der Waals surface area contributed by atoms with Crippen molar-refractivity contribution in [2.75, 3.05) is 13.6 Å². The Morgan fingerprint density at radius 2 is 2.32 bits per heavy atom. The molecule has 2 unspecified atom stereocenters. The van der Waals surface area contributed by atoms with E-state index in [0.29, 0.717) is 12.6 Å². The van der Waals surface area contributed by atoms with Crippen molar-refractivity contribution in [1.82, 2.24) is 10.2 Å². The summed E-state index contributed by atoms with van der Waals surface area (Å²) in [5.41, 5.74) is 0.956. The molecule has 1 heterocycles. The summed E-state index contributed by atoms with van der Waals surface area (Å²) in [4.78, 5) is 14.1. The Hall–Kier alpha value is -1.55. The van der Waals surface area contributed by atoms with Crippen LogP contribution in [0, 0.1) is 5.92 Å². The maximum absolute atomic E-state index is 12.4. The van der Waals surface area contributed by atoms with Gasteiger partial charge in [0.15, 0.2) is 0 Å². The highest BCUT2D eigenvalue weighted by Crippen LogP contribution is 2.20. The van der Waals surface area contributed by atoms with Crippen LogP contribution in [0.4, 0.5) is 0 Å². The quantitative estimate of drug-likeness (QED) is 0.872. The average Bonchev–Trinajstić information content (AvgIpc) is 2.38. The van der Waals surface area contributed by atoms with E-state index in [9.17, 15) is 9.90 Å². The van der Waals surface area contributed by atoms with Crippen LogP contribution in [0.1, 0.15) is 25.3 Å². The largest absolute Gasteiger partial charge is 0.508 e. The maximum Gasteiger partial charge on any atom is 0.225 e. The molecule has 1 saturated heterocycles. The Kier molecular flexibility index (Phi) is 4.43. The number of hydrogen-bond acceptors (Lipinski definition) is 3. The molecule has 0 radical (unpaired) electrons. The topological polar surface area (TPSA) is 52.6 Å². The fourth-order valence-electron chi connectivity index (χ4n) is 2.67. The third kappa shape index (κ3) is 3.70. The van der Waals surface area contributed by atoms with E-state index in [1.165, 1.54) is 0 Å². The van der Waals surface area contributed by atoms with Crippen LogP contribution in [0.15, 0.2) is 24.3 Å². The number of nitrogens with zero attached hydrogens (tertiary/aromatic N) is 1. The molecule has 0 spiro atoms. The molecule has 1 aromatic rings. The first-order valence-electron chi connectivity index (χ1n) is 6.82. The van der Waals surface area contributed by atoms with Gasteiger partial charge in [0.1, 0.15) is 5.75 Å². The Balaban J connectivity index is 1.95. The van der Waals surface area contributed by atoms with Gasteiger partial charge in [0, 0.05) is 25.6 Å². The second-order valence-electron chi connectivity index (χ2n) is 5.44. The van der Waals surface area contributed by atoms with E-state index in [2.05, 4.69) is 12.2 Å². The summed E-state index contributed by atoms with van der Waals surface area (Å²) in [7, 11) is 1.83. The smallest absolute Gasteiger partial charge is 0.225 e. The van der Waals surface area contributed by atoms with Crippen molar-refractivity contribution in [2.24, 2.45) is 5.92 Å². The number of rotatable bonds is 3. The number of carbonyl (C=O) groups excluding carboxylic acids is 1. The SMILES string of the molecule is CC1CC(C(=O)N(C)Cc2cccc(O)c2)CCN1. The zero-order chi connectivity index (χ0) is 13.8. The lowest BCUT2D eigenvalue weighted by atomic mass is 9.92. The van der Waals surface area contributed by atoms with Gasteiger partial charge in [0.05, 0.1) is 0 Å². The van der Waals surface area contributed by atoms with E-state index >= 15 is 0 Å². The maximum atomic E-state index is 12.4. The van der Waals surface area contributed by atoms with Crippen molar-refractivity contribution < 1.29 is 9.90 Å². The summed E-state index contributed by atoms with van der Waals surface area (Å²) in [5.74, 6) is 0.573. The molecule has 1 aromatic carbocycles. The molecule has 2 N–H and O–H groups in total. The molecule has 104 valence electrons. The number of nitrogens with one attached hydrogen (secondary N) is 1. The molecule has 0 aromatic heterocycles. The fraction of sp³-hybridized carbons (Fsp3) is 0.533. The Morgan fingerprint density at radius 3 is 3.00 bits per heavy atom. The average molecular weight is 262 g/mol. The van der Waals surface area contributed by atoms with Gasteiger partial charge in [-0.3, -0.25) is 4.79 Å². The number of phenolic OH excluding ortho intramolecular Hbond substituents is 1. The van der Waals surface area contributed by atoms with Gasteiger partial charge in [-0.05, 0) is 44.0 Å². The van der Waals surface area contributed by atoms with Crippen molar-refractivity contribution in [3.05, 3.63) is 29.8 Å². The molecule has 1 aliphatic heterocycles. The molecule has 1 fully saturated rings. The third-order valence-electron chi connectivity index (χ3n) is 3.68. The van der Waals surface area contributed by atoms with Gasteiger partial charge in [0.25, 0.3) is 0 Å². The van der Waals surface area contributed by atoms with Gasteiger partial charge in [-0.25, -0.2) is 0 Å². The minimum absolute atomic E-state index is 0.124. The van der Waals surface area contributed by atoms with Gasteiger partial charge >= 0.3 is 0 Å². The summed E-state index contributed by atoms with van der Waals surface area (Å²) in [5, 5.41) is 12.8. The number of piperidine rings is 1. The molecule has 1 amide bonds. The number of hydrogen-bond donors (Lipinski definition) is 2. The standard InChI is InChI=1S/C15H22N2O2/c1-11-8-13(6-7-16-11)15(19)17(2)10-12-4-3-5-14(18)9-12/h3-5,9,11,13,16,18H,6-8,10H2,1-2H3. The Morgan fingerprint density at radius 1 is 1.53 bits per heavy atom. The summed E-state index contributed by atoms with van der Waals surface area (Å²) in [6.07, 6.45) is 1.82. The predicted molar refractivity (Wildman–Crippen MR) is 74.8 cm³/mol. The van der Waals surface area contributed by atoms with Crippen LogP contribution in [0.5, 0.6) is 5.75 Å². The van der Waals surface area contributed by atoms with Crippen molar-refractivity contribution in [1.29, 1.82) is 0 Å². The molecule has 2 atom stereocenters. The number of amides is 1. The molecular formula is C15H22N2O2. The summed E-state index contributed by atoms with van der Waals surface area (Å²) in [6.45, 7) is 3.58. The van der Waals surface area contributed by atoms with Gasteiger partial charge in [-0.1, -0.05) is 12.1 Å². The van der Waals surface area contributed by atoms with Crippen LogP contribution in [0.2, 0.25) is 0 Å². The van der Waals surface area contributed by atoms with Gasteiger partial charge in [-0.15, -0.1) is 0 Å². The Labute approximate surface area is 114 Å². The highest BCUT2D eigenvalue weighted by molar-refractivity contribution is 5.78. The first-order chi connectivity index (χ1) is 9.06. The monoisotopic (exact) mass is 262 g/mol. The van der Waals surface area contributed by atoms with Gasteiger partial charge in [-0.2, -0.15) is 0 Å². The molecule has 2 rings (SSSR count). The van der Waals surface area contributed by atoms with Crippen molar-refractivity contribution in [3.63, 3.8) is 0 Å². The number of phenols is 1. The van der Waals surface area contributed by atoms with Crippen LogP contribution in [0.25, 0.3) is 0 Å². The van der Waals surface area contributed by atoms with Crippen molar-refractivity contribution in [2.45, 2.75) is 32.4 Å². The van der Waals surface area contributed by atoms with Gasteiger partial charge in [0.2, 0.25) is 5.91 Å². The molecule has 0 saturated carbocycles. The van der Waals surface area contributed by atoms with E-state index in [1.807, 2.05) is 13.1 Å². The Bertz CT molecular complexity index is 448. The first kappa shape index (κ1) is 13.9. The molecule has 0 bridgehead atoms.